The number of aryl methyl sites for hydroxylation is 1. The molecular formula is C18H28O. The van der Waals surface area contributed by atoms with Crippen LogP contribution in [0.15, 0.2) is 36.9 Å². The summed E-state index contributed by atoms with van der Waals surface area (Å²) in [5.74, 6) is 0.995. The van der Waals surface area contributed by atoms with E-state index in [1.54, 1.807) is 0 Å². The van der Waals surface area contributed by atoms with E-state index in [-0.39, 0.29) is 0 Å². The maximum absolute atomic E-state index is 5.58. The number of benzene rings is 1. The van der Waals surface area contributed by atoms with Crippen molar-refractivity contribution in [3.05, 3.63) is 42.5 Å². The topological polar surface area (TPSA) is 9.23 Å². The lowest BCUT2D eigenvalue weighted by atomic mass is 10.0. The van der Waals surface area contributed by atoms with E-state index in [0.717, 1.165) is 18.8 Å². The molecule has 1 nitrogen and oxygen atoms in total. The fourth-order valence-electron chi connectivity index (χ4n) is 2.12. The molecule has 1 rings (SSSR count). The molecule has 0 heterocycles. The lowest BCUT2D eigenvalue weighted by Crippen LogP contribution is -1.95. The van der Waals surface area contributed by atoms with Crippen LogP contribution in [-0.4, -0.2) is 6.61 Å². The molecule has 1 aromatic rings. The van der Waals surface area contributed by atoms with E-state index in [4.69, 9.17) is 4.74 Å². The number of ether oxygens (including phenoxy) is 1. The van der Waals surface area contributed by atoms with E-state index in [2.05, 4.69) is 37.8 Å². The molecule has 0 saturated heterocycles. The first kappa shape index (κ1) is 15.8. The molecular weight excluding hydrogens is 232 g/mol. The molecule has 0 aliphatic carbocycles. The quantitative estimate of drug-likeness (QED) is 0.374. The molecule has 0 spiro atoms. The van der Waals surface area contributed by atoms with Crippen LogP contribution in [0.1, 0.15) is 57.4 Å². The SMILES string of the molecule is C=CCCCCCCCc1ccc(OCCC)cc1. The number of hydrogen-bond donors (Lipinski definition) is 0. The largest absolute Gasteiger partial charge is 0.494 e. The lowest BCUT2D eigenvalue weighted by Gasteiger charge is -2.06. The summed E-state index contributed by atoms with van der Waals surface area (Å²) in [4.78, 5) is 0. The maximum Gasteiger partial charge on any atom is 0.119 e. The maximum atomic E-state index is 5.58. The van der Waals surface area contributed by atoms with Gasteiger partial charge in [0, 0.05) is 0 Å². The molecule has 0 fully saturated rings. The molecule has 1 heteroatoms. The summed E-state index contributed by atoms with van der Waals surface area (Å²) in [5.41, 5.74) is 1.43. The van der Waals surface area contributed by atoms with E-state index < -0.39 is 0 Å². The second-order valence-electron chi connectivity index (χ2n) is 5.09. The average molecular weight is 260 g/mol. The van der Waals surface area contributed by atoms with Crippen molar-refractivity contribution in [1.29, 1.82) is 0 Å². The third-order valence-electron chi connectivity index (χ3n) is 3.27. The summed E-state index contributed by atoms with van der Waals surface area (Å²) in [5, 5.41) is 0. The van der Waals surface area contributed by atoms with Gasteiger partial charge in [0.1, 0.15) is 5.75 Å². The number of allylic oxidation sites excluding steroid dienone is 1. The highest BCUT2D eigenvalue weighted by Crippen LogP contribution is 2.15. The first-order valence-corrected chi connectivity index (χ1v) is 7.69. The first-order valence-electron chi connectivity index (χ1n) is 7.69. The Morgan fingerprint density at radius 1 is 1.00 bits per heavy atom. The van der Waals surface area contributed by atoms with E-state index >= 15 is 0 Å². The minimum atomic E-state index is 0.810. The molecule has 0 aliphatic rings. The van der Waals surface area contributed by atoms with E-state index in [0.29, 0.717) is 0 Å². The lowest BCUT2D eigenvalue weighted by molar-refractivity contribution is 0.317. The van der Waals surface area contributed by atoms with Crippen molar-refractivity contribution in [2.45, 2.75) is 58.3 Å². The third-order valence-corrected chi connectivity index (χ3v) is 3.27. The normalized spacial score (nSPS) is 10.4. The Kier molecular flexibility index (Phi) is 8.87. The Morgan fingerprint density at radius 3 is 2.37 bits per heavy atom. The van der Waals surface area contributed by atoms with Crippen molar-refractivity contribution in [2.75, 3.05) is 6.61 Å². The average Bonchev–Trinajstić information content (AvgIpc) is 2.45. The van der Waals surface area contributed by atoms with Gasteiger partial charge in [0.05, 0.1) is 6.61 Å². The molecule has 0 radical (unpaired) electrons. The minimum Gasteiger partial charge on any atom is -0.494 e. The predicted octanol–water partition coefficient (Wildman–Crippen LogP) is 5.54. The fraction of sp³-hybridized carbons (Fsp3) is 0.556. The zero-order valence-electron chi connectivity index (χ0n) is 12.4. The van der Waals surface area contributed by atoms with Gasteiger partial charge in [0.25, 0.3) is 0 Å². The molecule has 1 aromatic carbocycles. The van der Waals surface area contributed by atoms with Crippen LogP contribution in [0.25, 0.3) is 0 Å². The van der Waals surface area contributed by atoms with E-state index in [1.165, 1.54) is 50.5 Å². The molecule has 0 unspecified atom stereocenters. The molecule has 0 bridgehead atoms. The van der Waals surface area contributed by atoms with Crippen molar-refractivity contribution in [3.63, 3.8) is 0 Å². The van der Waals surface area contributed by atoms with Crippen LogP contribution in [0.5, 0.6) is 5.75 Å². The smallest absolute Gasteiger partial charge is 0.119 e. The van der Waals surface area contributed by atoms with E-state index in [9.17, 15) is 0 Å². The van der Waals surface area contributed by atoms with Crippen molar-refractivity contribution in [3.8, 4) is 5.75 Å². The Bertz CT molecular complexity index is 326. The third kappa shape index (κ3) is 7.71. The summed E-state index contributed by atoms with van der Waals surface area (Å²) in [7, 11) is 0. The van der Waals surface area contributed by atoms with Gasteiger partial charge in [0.2, 0.25) is 0 Å². The predicted molar refractivity (Wildman–Crippen MR) is 83.8 cm³/mol. The molecule has 0 saturated carbocycles. The van der Waals surface area contributed by atoms with Crippen molar-refractivity contribution in [2.24, 2.45) is 0 Å². The van der Waals surface area contributed by atoms with Crippen LogP contribution >= 0.6 is 0 Å². The molecule has 0 aliphatic heterocycles. The summed E-state index contributed by atoms with van der Waals surface area (Å²) in [6, 6.07) is 8.58. The zero-order chi connectivity index (χ0) is 13.8. The first-order chi connectivity index (χ1) is 9.36. The molecule has 106 valence electrons. The highest BCUT2D eigenvalue weighted by Gasteiger charge is 1.96. The molecule has 0 aromatic heterocycles. The van der Waals surface area contributed by atoms with Crippen LogP contribution in [0.2, 0.25) is 0 Å². The van der Waals surface area contributed by atoms with Gasteiger partial charge in [-0.15, -0.1) is 6.58 Å². The monoisotopic (exact) mass is 260 g/mol. The van der Waals surface area contributed by atoms with Crippen molar-refractivity contribution >= 4 is 0 Å². The van der Waals surface area contributed by atoms with Crippen molar-refractivity contribution < 1.29 is 4.74 Å². The summed E-state index contributed by atoms with van der Waals surface area (Å²) >= 11 is 0. The molecule has 0 N–H and O–H groups in total. The van der Waals surface area contributed by atoms with Crippen LogP contribution < -0.4 is 4.74 Å². The second kappa shape index (κ2) is 10.7. The van der Waals surface area contributed by atoms with Gasteiger partial charge < -0.3 is 4.74 Å². The Morgan fingerprint density at radius 2 is 1.68 bits per heavy atom. The van der Waals surface area contributed by atoms with Gasteiger partial charge in [-0.3, -0.25) is 0 Å². The molecule has 19 heavy (non-hydrogen) atoms. The number of rotatable bonds is 11. The van der Waals surface area contributed by atoms with Gasteiger partial charge in [-0.25, -0.2) is 0 Å². The van der Waals surface area contributed by atoms with Gasteiger partial charge in [-0.1, -0.05) is 44.4 Å². The van der Waals surface area contributed by atoms with Gasteiger partial charge in [-0.2, -0.15) is 0 Å². The van der Waals surface area contributed by atoms with E-state index in [1.807, 2.05) is 6.08 Å². The Balaban J connectivity index is 2.10. The zero-order valence-corrected chi connectivity index (χ0v) is 12.4. The summed E-state index contributed by atoms with van der Waals surface area (Å²) < 4.78 is 5.58. The summed E-state index contributed by atoms with van der Waals surface area (Å²) in [6.45, 7) is 6.69. The van der Waals surface area contributed by atoms with Crippen LogP contribution in [0.3, 0.4) is 0 Å². The van der Waals surface area contributed by atoms with Crippen LogP contribution in [0.4, 0.5) is 0 Å². The van der Waals surface area contributed by atoms with Gasteiger partial charge >= 0.3 is 0 Å². The Hall–Kier alpha value is -1.24. The second-order valence-corrected chi connectivity index (χ2v) is 5.09. The summed E-state index contributed by atoms with van der Waals surface area (Å²) in [6.07, 6.45) is 12.1. The highest BCUT2D eigenvalue weighted by atomic mass is 16.5. The van der Waals surface area contributed by atoms with Gasteiger partial charge in [-0.05, 0) is 49.8 Å². The number of unbranched alkanes of at least 4 members (excludes halogenated alkanes) is 5. The van der Waals surface area contributed by atoms with Crippen LogP contribution in [-0.2, 0) is 6.42 Å². The number of hydrogen-bond acceptors (Lipinski definition) is 1. The fourth-order valence-corrected chi connectivity index (χ4v) is 2.12. The minimum absolute atomic E-state index is 0.810. The molecule has 0 atom stereocenters. The highest BCUT2D eigenvalue weighted by molar-refractivity contribution is 5.27. The Labute approximate surface area is 118 Å². The standard InChI is InChI=1S/C18H28O/c1-3-5-6-7-8-9-10-11-17-12-14-18(15-13-17)19-16-4-2/h3,12-15H,1,4-11,16H2,2H3. The molecule has 0 amide bonds. The van der Waals surface area contributed by atoms with Crippen LogP contribution in [0, 0.1) is 0 Å². The van der Waals surface area contributed by atoms with Gasteiger partial charge in [0.15, 0.2) is 0 Å². The van der Waals surface area contributed by atoms with Crippen molar-refractivity contribution in [1.82, 2.24) is 0 Å².